The summed E-state index contributed by atoms with van der Waals surface area (Å²) in [7, 11) is 2.79. The van der Waals surface area contributed by atoms with E-state index >= 15 is 0 Å². The van der Waals surface area contributed by atoms with Gasteiger partial charge in [0, 0.05) is 36.4 Å². The first kappa shape index (κ1) is 95.0. The fourth-order valence-corrected chi connectivity index (χ4v) is 15.6. The number of rotatable bonds is 20. The number of aliphatic hydroxyl groups excluding tert-OH is 18. The Hall–Kier alpha value is -9.55. The van der Waals surface area contributed by atoms with E-state index in [0.29, 0.717) is 16.7 Å². The third-order valence-corrected chi connectivity index (χ3v) is 22.8. The maximum atomic E-state index is 13.0. The number of aliphatic hydroxyl groups is 18. The number of benzene rings is 6. The third-order valence-electron chi connectivity index (χ3n) is 22.8. The van der Waals surface area contributed by atoms with Gasteiger partial charge in [-0.3, -0.25) is 14.4 Å². The first-order chi connectivity index (χ1) is 60.3. The largest absolute Gasteiger partial charge is 0.508 e. The smallest absolute Gasteiger partial charge is 0.229 e. The van der Waals surface area contributed by atoms with Crippen LogP contribution in [0.1, 0.15) is 106 Å². The van der Waals surface area contributed by atoms with E-state index in [0.717, 1.165) is 18.2 Å². The molecular formula is C83H100O44. The van der Waals surface area contributed by atoms with Crippen LogP contribution < -0.4 is 37.9 Å². The zero-order valence-electron chi connectivity index (χ0n) is 67.9. The standard InChI is InChI=1S/2C28H34O15.C27H32O14/c1-10-21(32)23(34)25(36)27(40-10)39-9-19-22(33)24(35)26(37)28(43-19)41-12-6-14(30)20-15(31)8-17(42-18(20)7-12)11-3-4-16(38-2)13(29)5-11;1-10-21(33)23(35)25(37)27(39-10)43-26-24(36)22(34)19(9-29)42-28(26)40-12-6-14(31)20-15(32)8-17(41-18(20)7-12)11-3-4-16(38-2)13(30)5-11;1-10-20(32)22(34)24(36)26(37-10)41-25-23(35)21(33)18(9-28)40-27(25)38-13-6-14(30)19-15(31)8-16(39-17(19)7-13)11-2-4-12(29)5-3-11/h3-7,10,17,19,21-30,32-37H,8-9H2,1-2H3;3-7,10,17,19,21-31,33-37H,8-9H2,1-2H3;2-7,10,16,18,20-30,32-36H,8-9H2,1H3/t10-,17-,19+,21-,22+,23+,24-,25+,26+,27+,28+;;10-,16?,18+,20-,21+,22+,23-,24+,25+,26-,27+/m0.0/s1. The quantitative estimate of drug-likeness (QED) is 0.0353. The van der Waals surface area contributed by atoms with Crippen LogP contribution >= 0.6 is 0 Å². The van der Waals surface area contributed by atoms with E-state index in [-0.39, 0.29) is 99.2 Å². The summed E-state index contributed by atoms with van der Waals surface area (Å²) in [6.45, 7) is 2.38. The topological polar surface area (TPSA) is 694 Å². The number of carbonyl (C=O) groups is 3. The fraction of sp³-hybridized carbons (Fsp3) is 0.530. The summed E-state index contributed by atoms with van der Waals surface area (Å²) in [5, 5.41) is 246. The van der Waals surface area contributed by atoms with Crippen molar-refractivity contribution in [3.63, 3.8) is 0 Å². The number of ether oxygens (including phenoxy) is 17. The van der Waals surface area contributed by atoms with Gasteiger partial charge in [0.25, 0.3) is 0 Å². The number of fused-ring (bicyclic) bond motifs is 3. The van der Waals surface area contributed by atoms with Crippen molar-refractivity contribution in [1.29, 1.82) is 0 Å². The lowest BCUT2D eigenvalue weighted by Crippen LogP contribution is -2.64. The Kier molecular flexibility index (Phi) is 29.8. The van der Waals surface area contributed by atoms with Crippen molar-refractivity contribution in [3.05, 3.63) is 130 Å². The van der Waals surface area contributed by atoms with Crippen LogP contribution in [0, 0.1) is 0 Å². The molecule has 44 nitrogen and oxygen atoms in total. The van der Waals surface area contributed by atoms with Crippen LogP contribution in [0.3, 0.4) is 0 Å². The Labute approximate surface area is 719 Å². The van der Waals surface area contributed by atoms with E-state index in [4.69, 9.17) is 80.5 Å². The molecule has 9 heterocycles. The van der Waals surface area contributed by atoms with Crippen molar-refractivity contribution >= 4 is 17.3 Å². The van der Waals surface area contributed by atoms with Crippen LogP contribution in [-0.2, 0) is 42.6 Å². The van der Waals surface area contributed by atoms with Gasteiger partial charge in [-0.2, -0.15) is 0 Å². The van der Waals surface area contributed by atoms with Gasteiger partial charge in [-0.25, -0.2) is 0 Å². The second kappa shape index (κ2) is 39.8. The Morgan fingerprint density at radius 2 is 0.638 bits per heavy atom. The second-order valence-electron chi connectivity index (χ2n) is 31.5. The van der Waals surface area contributed by atoms with E-state index in [9.17, 15) is 137 Å². The summed E-state index contributed by atoms with van der Waals surface area (Å²) in [6, 6.07) is 22.3. The number of phenols is 6. The van der Waals surface area contributed by atoms with Crippen LogP contribution in [-0.4, -0.2) is 358 Å². The lowest BCUT2D eigenvalue weighted by atomic mass is 9.95. The third kappa shape index (κ3) is 20.1. The van der Waals surface area contributed by atoms with Gasteiger partial charge in [0.15, 0.2) is 71.4 Å². The number of carbonyl (C=O) groups excluding carboxylic acids is 3. The fourth-order valence-electron chi connectivity index (χ4n) is 15.6. The van der Waals surface area contributed by atoms with E-state index in [1.54, 1.807) is 24.3 Å². The van der Waals surface area contributed by atoms with Crippen LogP contribution in [0.25, 0.3) is 0 Å². The van der Waals surface area contributed by atoms with Gasteiger partial charge < -0.3 is 203 Å². The van der Waals surface area contributed by atoms with Crippen LogP contribution in [0.5, 0.6) is 80.5 Å². The van der Waals surface area contributed by atoms with Crippen molar-refractivity contribution in [2.45, 2.75) is 243 Å². The molecule has 127 heavy (non-hydrogen) atoms. The maximum absolute atomic E-state index is 13.0. The molecule has 0 aromatic heterocycles. The minimum Gasteiger partial charge on any atom is -0.508 e. The normalized spacial score (nSPS) is 36.4. The molecule has 24 N–H and O–H groups in total. The zero-order valence-corrected chi connectivity index (χ0v) is 67.9. The molecule has 696 valence electrons. The highest BCUT2D eigenvalue weighted by molar-refractivity contribution is 6.04. The Morgan fingerprint density at radius 3 is 1.00 bits per heavy atom. The van der Waals surface area contributed by atoms with Crippen molar-refractivity contribution in [2.75, 3.05) is 34.0 Å². The number of hydrogen-bond acceptors (Lipinski definition) is 44. The predicted octanol–water partition coefficient (Wildman–Crippen LogP) is -3.48. The number of ketones is 3. The molecule has 12 unspecified atom stereocenters. The Balaban J connectivity index is 0.000000163. The van der Waals surface area contributed by atoms with E-state index in [2.05, 4.69) is 0 Å². The molecule has 9 aliphatic rings. The molecular weight excluding hydrogens is 1700 g/mol. The molecule has 0 radical (unpaired) electrons. The second-order valence-corrected chi connectivity index (χ2v) is 31.5. The average molecular weight is 1800 g/mol. The van der Waals surface area contributed by atoms with Crippen LogP contribution in [0.15, 0.2) is 97.1 Å². The summed E-state index contributed by atoms with van der Waals surface area (Å²) in [5.74, 6) is -3.00. The molecule has 6 fully saturated rings. The number of hydrogen-bond donors (Lipinski definition) is 24. The van der Waals surface area contributed by atoms with E-state index in [1.165, 1.54) is 89.6 Å². The monoisotopic (exact) mass is 1800 g/mol. The molecule has 6 aromatic carbocycles. The molecule has 0 spiro atoms. The van der Waals surface area contributed by atoms with E-state index < -0.39 is 257 Å². The molecule has 33 atom stereocenters. The van der Waals surface area contributed by atoms with Crippen molar-refractivity contribution < 1.29 is 217 Å². The number of methoxy groups -OCH3 is 2. The predicted molar refractivity (Wildman–Crippen MR) is 416 cm³/mol. The molecule has 0 amide bonds. The van der Waals surface area contributed by atoms with Gasteiger partial charge in [-0.15, -0.1) is 0 Å². The van der Waals surface area contributed by atoms with Gasteiger partial charge >= 0.3 is 0 Å². The average Bonchev–Trinajstić information content (AvgIpc) is 0.862. The van der Waals surface area contributed by atoms with Gasteiger partial charge in [-0.1, -0.05) is 24.3 Å². The molecule has 0 bridgehead atoms. The Bertz CT molecular complexity index is 4800. The zero-order chi connectivity index (χ0) is 91.9. The first-order valence-corrected chi connectivity index (χ1v) is 40.0. The van der Waals surface area contributed by atoms with Crippen molar-refractivity contribution in [2.24, 2.45) is 0 Å². The highest BCUT2D eigenvalue weighted by atomic mass is 16.8. The summed E-state index contributed by atoms with van der Waals surface area (Å²) < 4.78 is 95.4. The summed E-state index contributed by atoms with van der Waals surface area (Å²) in [5.41, 5.74) is 1.25. The first-order valence-electron chi connectivity index (χ1n) is 40.0. The van der Waals surface area contributed by atoms with Crippen LogP contribution in [0.4, 0.5) is 0 Å². The molecule has 6 saturated heterocycles. The molecule has 0 aliphatic carbocycles. The molecule has 0 saturated carbocycles. The van der Waals surface area contributed by atoms with Gasteiger partial charge in [-0.05, 0) is 73.9 Å². The number of Topliss-reactive ketones (excluding diaryl/α,β-unsaturated/α-hetero) is 3. The summed E-state index contributed by atoms with van der Waals surface area (Å²) >= 11 is 0. The number of aromatic hydroxyl groups is 6. The minimum atomic E-state index is -1.77. The maximum Gasteiger partial charge on any atom is 0.229 e. The summed E-state index contributed by atoms with van der Waals surface area (Å²) in [4.78, 5) is 38.7. The van der Waals surface area contributed by atoms with Crippen molar-refractivity contribution in [1.82, 2.24) is 0 Å². The molecule has 44 heteroatoms. The Morgan fingerprint density at radius 1 is 0.323 bits per heavy atom. The summed E-state index contributed by atoms with van der Waals surface area (Å²) in [6.07, 6.45) is -48.3. The molecule has 9 aliphatic heterocycles. The molecule has 6 aromatic rings. The highest BCUT2D eigenvalue weighted by Gasteiger charge is 2.55. The van der Waals surface area contributed by atoms with Crippen LogP contribution in [0.2, 0.25) is 0 Å². The van der Waals surface area contributed by atoms with Gasteiger partial charge in [0.05, 0.1) is 71.6 Å². The lowest BCUT2D eigenvalue weighted by Gasteiger charge is -2.45. The van der Waals surface area contributed by atoms with Gasteiger partial charge in [0.2, 0.25) is 18.9 Å². The lowest BCUT2D eigenvalue weighted by molar-refractivity contribution is -0.354. The highest BCUT2D eigenvalue weighted by Crippen LogP contribution is 2.49. The van der Waals surface area contributed by atoms with E-state index in [1.807, 2.05) is 0 Å². The van der Waals surface area contributed by atoms with Gasteiger partial charge in [0.1, 0.15) is 208 Å². The van der Waals surface area contributed by atoms with Crippen molar-refractivity contribution in [3.8, 4) is 80.5 Å². The minimum absolute atomic E-state index is 0.0149. The molecule has 15 rings (SSSR count). The number of phenolic OH excluding ortho intramolecular Hbond substituents is 6. The SMILES string of the molecule is COc1ccc(C2CC(=O)c3c(O)cc(OC4OC(CO)C(O)C(O)C4OC4OC(C)C(O)C(O)C4O)cc3O2)cc1O.COc1ccc([C@@H]2CC(=O)c3c(O)cc(O[C@@H]4O[C@H](CO[C@@H]5O[C@@H](C)[C@H](O)[C@@H](O)[C@H]5O)[C@@H](O)[C@H](O)[C@H]4O)cc3O2)cc1O.C[C@@H]1O[C@@H](O[C@H]2[C@H](Oc3cc(O)c4c(c3)OC(c3ccc(O)cc3)CC4=O)O[C@H](CO)[C@@H](O)[C@@H]2O)[C@H](O)[C@H](O)[C@H]1O.